The fourth-order valence-electron chi connectivity index (χ4n) is 3.04. The summed E-state index contributed by atoms with van der Waals surface area (Å²) in [5, 5.41) is 8.69. The molecule has 1 aromatic rings. The lowest BCUT2D eigenvalue weighted by Crippen LogP contribution is -2.31. The van der Waals surface area contributed by atoms with Crippen LogP contribution in [0.3, 0.4) is 0 Å². The Bertz CT molecular complexity index is 429. The monoisotopic (exact) mass is 300 g/mol. The first-order valence-corrected chi connectivity index (χ1v) is 7.77. The van der Waals surface area contributed by atoms with Gasteiger partial charge in [-0.2, -0.15) is 0 Å². The Kier molecular flexibility index (Phi) is 5.25. The molecule has 1 aliphatic carbocycles. The van der Waals surface area contributed by atoms with E-state index in [1.54, 1.807) is 0 Å². The first kappa shape index (κ1) is 14.8. The van der Waals surface area contributed by atoms with Gasteiger partial charge in [-0.3, -0.25) is 4.79 Å². The molecule has 106 valence electrons. The van der Waals surface area contributed by atoms with Crippen LogP contribution in [0.25, 0.3) is 0 Å². The predicted octanol–water partition coefficient (Wildman–Crippen LogP) is 2.66. The molecule has 0 aromatic carbocycles. The van der Waals surface area contributed by atoms with Crippen LogP contribution >= 0.6 is 23.7 Å². The highest BCUT2D eigenvalue weighted by Gasteiger charge is 2.24. The molecule has 1 aliphatic heterocycles. The van der Waals surface area contributed by atoms with Gasteiger partial charge in [-0.25, -0.2) is 0 Å². The number of halogens is 1. The Labute approximate surface area is 124 Å². The van der Waals surface area contributed by atoms with Crippen molar-refractivity contribution in [2.45, 2.75) is 38.1 Å². The van der Waals surface area contributed by atoms with Crippen LogP contribution in [-0.2, 0) is 11.2 Å². The molecular weight excluding hydrogens is 280 g/mol. The van der Waals surface area contributed by atoms with E-state index in [0.717, 1.165) is 25.9 Å². The Morgan fingerprint density at radius 2 is 2.37 bits per heavy atom. The van der Waals surface area contributed by atoms with Gasteiger partial charge < -0.3 is 10.6 Å². The maximum absolute atomic E-state index is 12.1. The van der Waals surface area contributed by atoms with Crippen LogP contribution in [0, 0.1) is 5.92 Å². The van der Waals surface area contributed by atoms with E-state index < -0.39 is 0 Å². The van der Waals surface area contributed by atoms with Crippen molar-refractivity contribution in [1.29, 1.82) is 0 Å². The van der Waals surface area contributed by atoms with Gasteiger partial charge in [0.1, 0.15) is 0 Å². The van der Waals surface area contributed by atoms with E-state index in [-0.39, 0.29) is 24.4 Å². The minimum atomic E-state index is 0. The number of hydrogen-bond donors (Lipinski definition) is 2. The summed E-state index contributed by atoms with van der Waals surface area (Å²) in [6.07, 6.45) is 5.30. The molecular formula is C14H21ClN2OS. The highest BCUT2D eigenvalue weighted by Crippen LogP contribution is 2.33. The molecule has 2 aliphatic rings. The minimum absolute atomic E-state index is 0. The SMILES string of the molecule is Cl.O=C(CC1CCNC1)NC1CCCc2sccc21. The molecule has 0 saturated carbocycles. The molecule has 2 unspecified atom stereocenters. The summed E-state index contributed by atoms with van der Waals surface area (Å²) in [7, 11) is 0. The molecule has 1 saturated heterocycles. The van der Waals surface area contributed by atoms with Gasteiger partial charge in [0, 0.05) is 11.3 Å². The van der Waals surface area contributed by atoms with Crippen molar-refractivity contribution in [3.05, 3.63) is 21.9 Å². The third-order valence-corrected chi connectivity index (χ3v) is 5.02. The molecule has 2 heterocycles. The van der Waals surface area contributed by atoms with E-state index in [1.807, 2.05) is 11.3 Å². The maximum Gasteiger partial charge on any atom is 0.220 e. The third-order valence-electron chi connectivity index (χ3n) is 4.02. The summed E-state index contributed by atoms with van der Waals surface area (Å²) in [5.41, 5.74) is 1.36. The van der Waals surface area contributed by atoms with Gasteiger partial charge in [0.15, 0.2) is 0 Å². The van der Waals surface area contributed by atoms with Gasteiger partial charge in [-0.15, -0.1) is 23.7 Å². The second-order valence-electron chi connectivity index (χ2n) is 5.37. The summed E-state index contributed by atoms with van der Waals surface area (Å²) in [4.78, 5) is 13.5. The normalized spacial score (nSPS) is 25.5. The van der Waals surface area contributed by atoms with E-state index in [9.17, 15) is 4.79 Å². The number of aryl methyl sites for hydroxylation is 1. The molecule has 19 heavy (non-hydrogen) atoms. The van der Waals surface area contributed by atoms with Crippen molar-refractivity contribution < 1.29 is 4.79 Å². The van der Waals surface area contributed by atoms with Crippen molar-refractivity contribution in [2.75, 3.05) is 13.1 Å². The fraction of sp³-hybridized carbons (Fsp3) is 0.643. The summed E-state index contributed by atoms with van der Waals surface area (Å²) in [5.74, 6) is 0.767. The molecule has 0 spiro atoms. The molecule has 2 N–H and O–H groups in total. The van der Waals surface area contributed by atoms with E-state index in [0.29, 0.717) is 12.3 Å². The number of carbonyl (C=O) groups excluding carboxylic acids is 1. The topological polar surface area (TPSA) is 41.1 Å². The zero-order valence-electron chi connectivity index (χ0n) is 11.0. The average molecular weight is 301 g/mol. The maximum atomic E-state index is 12.1. The number of fused-ring (bicyclic) bond motifs is 1. The number of hydrogen-bond acceptors (Lipinski definition) is 3. The smallest absolute Gasteiger partial charge is 0.220 e. The summed E-state index contributed by atoms with van der Waals surface area (Å²) in [6.45, 7) is 2.07. The molecule has 3 nitrogen and oxygen atoms in total. The van der Waals surface area contributed by atoms with Crippen molar-refractivity contribution >= 4 is 29.7 Å². The quantitative estimate of drug-likeness (QED) is 0.901. The first-order chi connectivity index (χ1) is 8.83. The zero-order valence-corrected chi connectivity index (χ0v) is 12.6. The number of amides is 1. The summed E-state index contributed by atoms with van der Waals surface area (Å²) >= 11 is 1.83. The van der Waals surface area contributed by atoms with Crippen LogP contribution in [0.4, 0.5) is 0 Å². The molecule has 2 atom stereocenters. The highest BCUT2D eigenvalue weighted by molar-refractivity contribution is 7.10. The van der Waals surface area contributed by atoms with Crippen LogP contribution in [0.1, 0.15) is 42.2 Å². The lowest BCUT2D eigenvalue weighted by atomic mass is 9.93. The van der Waals surface area contributed by atoms with Crippen molar-refractivity contribution in [2.24, 2.45) is 5.92 Å². The van der Waals surface area contributed by atoms with Crippen molar-refractivity contribution in [3.8, 4) is 0 Å². The average Bonchev–Trinajstić information content (AvgIpc) is 2.99. The molecule has 3 rings (SSSR count). The van der Waals surface area contributed by atoms with Crippen LogP contribution in [0.15, 0.2) is 11.4 Å². The van der Waals surface area contributed by atoms with Gasteiger partial charge in [0.25, 0.3) is 0 Å². The highest BCUT2D eigenvalue weighted by atomic mass is 35.5. The summed E-state index contributed by atoms with van der Waals surface area (Å²) in [6, 6.07) is 2.45. The lowest BCUT2D eigenvalue weighted by molar-refractivity contribution is -0.122. The van der Waals surface area contributed by atoms with E-state index in [2.05, 4.69) is 22.1 Å². The lowest BCUT2D eigenvalue weighted by Gasteiger charge is -2.24. The summed E-state index contributed by atoms with van der Waals surface area (Å²) < 4.78 is 0. The van der Waals surface area contributed by atoms with Gasteiger partial charge >= 0.3 is 0 Å². The van der Waals surface area contributed by atoms with Crippen LogP contribution in [0.5, 0.6) is 0 Å². The largest absolute Gasteiger partial charge is 0.349 e. The fourth-order valence-corrected chi connectivity index (χ4v) is 4.03. The first-order valence-electron chi connectivity index (χ1n) is 6.89. The second-order valence-corrected chi connectivity index (χ2v) is 6.38. The second kappa shape index (κ2) is 6.73. The predicted molar refractivity (Wildman–Crippen MR) is 81.0 cm³/mol. The van der Waals surface area contributed by atoms with Crippen LogP contribution in [0.2, 0.25) is 0 Å². The molecule has 1 amide bonds. The van der Waals surface area contributed by atoms with Gasteiger partial charge in [0.05, 0.1) is 6.04 Å². The zero-order chi connectivity index (χ0) is 12.4. The Morgan fingerprint density at radius 1 is 1.47 bits per heavy atom. The van der Waals surface area contributed by atoms with Gasteiger partial charge in [-0.05, 0) is 61.7 Å². The van der Waals surface area contributed by atoms with Crippen molar-refractivity contribution in [3.63, 3.8) is 0 Å². The number of rotatable bonds is 3. The number of thiophene rings is 1. The molecule has 0 bridgehead atoms. The van der Waals surface area contributed by atoms with E-state index >= 15 is 0 Å². The van der Waals surface area contributed by atoms with E-state index in [4.69, 9.17) is 0 Å². The molecule has 1 aromatic heterocycles. The van der Waals surface area contributed by atoms with Gasteiger partial charge in [0.2, 0.25) is 5.91 Å². The molecule has 5 heteroatoms. The Morgan fingerprint density at radius 3 is 3.16 bits per heavy atom. The number of nitrogens with one attached hydrogen (secondary N) is 2. The van der Waals surface area contributed by atoms with Gasteiger partial charge in [-0.1, -0.05) is 0 Å². The minimum Gasteiger partial charge on any atom is -0.349 e. The standard InChI is InChI=1S/C14H20N2OS.ClH/c17-14(8-10-4-6-15-9-10)16-12-2-1-3-13-11(12)5-7-18-13;/h5,7,10,12,15H,1-4,6,8-9H2,(H,16,17);1H. The van der Waals surface area contributed by atoms with Crippen LogP contribution < -0.4 is 10.6 Å². The van der Waals surface area contributed by atoms with Crippen LogP contribution in [-0.4, -0.2) is 19.0 Å². The third kappa shape index (κ3) is 3.50. The molecule has 1 fully saturated rings. The molecule has 0 radical (unpaired) electrons. The Balaban J connectivity index is 0.00000133. The number of carbonyl (C=O) groups is 1. The van der Waals surface area contributed by atoms with E-state index in [1.165, 1.54) is 23.3 Å². The van der Waals surface area contributed by atoms with Crippen molar-refractivity contribution in [1.82, 2.24) is 10.6 Å². The Hall–Kier alpha value is -0.580.